The largest absolute Gasteiger partial charge is 0.485 e. The Labute approximate surface area is 125 Å². The average Bonchev–Trinajstić information content (AvgIpc) is 2.84. The van der Waals surface area contributed by atoms with Gasteiger partial charge in [-0.25, -0.2) is 0 Å². The molecule has 2 aliphatic rings. The van der Waals surface area contributed by atoms with Crippen molar-refractivity contribution in [2.24, 2.45) is 0 Å². The number of hydrogen-bond acceptors (Lipinski definition) is 3. The summed E-state index contributed by atoms with van der Waals surface area (Å²) < 4.78 is 6.24. The smallest absolute Gasteiger partial charge is 0.129 e. The van der Waals surface area contributed by atoms with Gasteiger partial charge in [-0.05, 0) is 64.4 Å². The molecule has 0 radical (unpaired) electrons. The predicted molar refractivity (Wildman–Crippen MR) is 80.5 cm³/mol. The van der Waals surface area contributed by atoms with Crippen molar-refractivity contribution in [2.45, 2.75) is 51.4 Å². The summed E-state index contributed by atoms with van der Waals surface area (Å²) in [6, 6.07) is 3.71. The van der Waals surface area contributed by atoms with E-state index in [9.17, 15) is 5.11 Å². The van der Waals surface area contributed by atoms with Crippen LogP contribution in [0.2, 0.25) is 5.02 Å². The van der Waals surface area contributed by atoms with Gasteiger partial charge in [-0.2, -0.15) is 0 Å². The fraction of sp³-hybridized carbons (Fsp3) is 0.625. The molecule has 110 valence electrons. The molecule has 1 N–H and O–H groups in total. The van der Waals surface area contributed by atoms with Gasteiger partial charge >= 0.3 is 0 Å². The Bertz CT molecular complexity index is 523. The van der Waals surface area contributed by atoms with Crippen LogP contribution in [0.1, 0.15) is 43.9 Å². The maximum absolute atomic E-state index is 10.9. The number of hydrogen-bond donors (Lipinski definition) is 1. The van der Waals surface area contributed by atoms with Crippen LogP contribution in [-0.4, -0.2) is 34.7 Å². The lowest BCUT2D eigenvalue weighted by atomic mass is 9.84. The highest BCUT2D eigenvalue weighted by atomic mass is 35.5. The van der Waals surface area contributed by atoms with Gasteiger partial charge in [-0.3, -0.25) is 4.90 Å². The van der Waals surface area contributed by atoms with Crippen LogP contribution < -0.4 is 4.74 Å². The van der Waals surface area contributed by atoms with Gasteiger partial charge in [0.1, 0.15) is 17.5 Å². The fourth-order valence-corrected chi connectivity index (χ4v) is 3.93. The number of aryl methyl sites for hydroxylation is 1. The van der Waals surface area contributed by atoms with Gasteiger partial charge in [-0.1, -0.05) is 11.6 Å². The van der Waals surface area contributed by atoms with Gasteiger partial charge in [0.15, 0.2) is 0 Å². The monoisotopic (exact) mass is 295 g/mol. The number of aliphatic hydroxyl groups is 1. The number of benzene rings is 1. The molecule has 0 spiro atoms. The predicted octanol–water partition coefficient (Wildman–Crippen LogP) is 3.32. The first kappa shape index (κ1) is 14.2. The molecule has 2 aliphatic heterocycles. The number of ether oxygens (including phenoxy) is 1. The second kappa shape index (κ2) is 4.90. The minimum Gasteiger partial charge on any atom is -0.485 e. The first-order valence-electron chi connectivity index (χ1n) is 7.31. The highest BCUT2D eigenvalue weighted by Gasteiger charge is 2.47. The summed E-state index contributed by atoms with van der Waals surface area (Å²) in [5.74, 6) is 0.794. The van der Waals surface area contributed by atoms with Crippen molar-refractivity contribution >= 4 is 11.6 Å². The second-order valence-corrected chi connectivity index (χ2v) is 6.92. The van der Waals surface area contributed by atoms with E-state index in [1.165, 1.54) is 12.8 Å². The van der Waals surface area contributed by atoms with Crippen LogP contribution in [0.15, 0.2) is 12.1 Å². The van der Waals surface area contributed by atoms with Crippen LogP contribution in [-0.2, 0) is 0 Å². The van der Waals surface area contributed by atoms with Crippen molar-refractivity contribution in [3.63, 3.8) is 0 Å². The normalized spacial score (nSPS) is 29.1. The molecule has 3 nitrogen and oxygen atoms in total. The Morgan fingerprint density at radius 1 is 1.30 bits per heavy atom. The number of nitrogens with zero attached hydrogens (tertiary/aromatic N) is 1. The Hall–Kier alpha value is -0.770. The number of rotatable bonds is 1. The van der Waals surface area contributed by atoms with E-state index < -0.39 is 11.7 Å². The minimum atomic E-state index is -0.552. The summed E-state index contributed by atoms with van der Waals surface area (Å²) in [4.78, 5) is 2.35. The molecule has 1 aromatic carbocycles. The molecule has 0 saturated carbocycles. The standard InChI is InChI=1S/C16H22ClNO2/c1-10-8-11(17)9-12-13(19)15(18-6-4-5-7-18)16(2,3)20-14(10)12/h8-9,13,15,19H,4-7H2,1-3H3. The molecule has 2 unspecified atom stereocenters. The van der Waals surface area contributed by atoms with Crippen molar-refractivity contribution in [1.29, 1.82) is 0 Å². The third-order valence-corrected chi connectivity index (χ3v) is 4.72. The van der Waals surface area contributed by atoms with Gasteiger partial charge in [0.05, 0.1) is 6.04 Å². The topological polar surface area (TPSA) is 32.7 Å². The van der Waals surface area contributed by atoms with Crippen LogP contribution in [0.5, 0.6) is 5.75 Å². The van der Waals surface area contributed by atoms with Crippen molar-refractivity contribution in [3.8, 4) is 5.75 Å². The average molecular weight is 296 g/mol. The molecule has 3 rings (SSSR count). The number of aliphatic hydroxyl groups excluding tert-OH is 1. The maximum atomic E-state index is 10.9. The van der Waals surface area contributed by atoms with E-state index in [2.05, 4.69) is 18.7 Å². The molecule has 0 amide bonds. The van der Waals surface area contributed by atoms with Gasteiger partial charge in [0.2, 0.25) is 0 Å². The maximum Gasteiger partial charge on any atom is 0.129 e. The molecule has 0 bridgehead atoms. The van der Waals surface area contributed by atoms with Gasteiger partial charge in [0, 0.05) is 10.6 Å². The molecule has 2 atom stereocenters. The highest BCUT2D eigenvalue weighted by molar-refractivity contribution is 6.30. The zero-order valence-corrected chi connectivity index (χ0v) is 13.1. The quantitative estimate of drug-likeness (QED) is 0.863. The highest BCUT2D eigenvalue weighted by Crippen LogP contribution is 2.45. The number of fused-ring (bicyclic) bond motifs is 1. The van der Waals surface area contributed by atoms with E-state index >= 15 is 0 Å². The van der Waals surface area contributed by atoms with E-state index in [4.69, 9.17) is 16.3 Å². The lowest BCUT2D eigenvalue weighted by molar-refractivity contribution is -0.0761. The van der Waals surface area contributed by atoms with Crippen LogP contribution in [0, 0.1) is 6.92 Å². The molecule has 1 aromatic rings. The zero-order chi connectivity index (χ0) is 14.5. The van der Waals surface area contributed by atoms with Crippen LogP contribution >= 0.6 is 11.6 Å². The van der Waals surface area contributed by atoms with Crippen LogP contribution in [0.4, 0.5) is 0 Å². The Kier molecular flexibility index (Phi) is 3.47. The molecule has 2 heterocycles. The van der Waals surface area contributed by atoms with Crippen molar-refractivity contribution < 1.29 is 9.84 Å². The van der Waals surface area contributed by atoms with E-state index in [-0.39, 0.29) is 6.04 Å². The van der Waals surface area contributed by atoms with Gasteiger partial charge in [-0.15, -0.1) is 0 Å². The summed E-state index contributed by atoms with van der Waals surface area (Å²) in [7, 11) is 0. The third-order valence-electron chi connectivity index (χ3n) is 4.50. The molecule has 0 aliphatic carbocycles. The summed E-state index contributed by atoms with van der Waals surface area (Å²) in [6.07, 6.45) is 1.84. The lowest BCUT2D eigenvalue weighted by Crippen LogP contribution is -2.57. The Morgan fingerprint density at radius 2 is 1.95 bits per heavy atom. The second-order valence-electron chi connectivity index (χ2n) is 6.48. The van der Waals surface area contributed by atoms with Crippen molar-refractivity contribution in [1.82, 2.24) is 4.90 Å². The molecule has 0 aromatic heterocycles. The molecular weight excluding hydrogens is 274 g/mol. The zero-order valence-electron chi connectivity index (χ0n) is 12.3. The van der Waals surface area contributed by atoms with Crippen LogP contribution in [0.25, 0.3) is 0 Å². The molecule has 20 heavy (non-hydrogen) atoms. The van der Waals surface area contributed by atoms with Gasteiger partial charge < -0.3 is 9.84 Å². The third kappa shape index (κ3) is 2.22. The van der Waals surface area contributed by atoms with E-state index in [0.717, 1.165) is 30.0 Å². The van der Waals surface area contributed by atoms with Gasteiger partial charge in [0.25, 0.3) is 0 Å². The molecule has 1 fully saturated rings. The minimum absolute atomic E-state index is 0.0182. The van der Waals surface area contributed by atoms with E-state index in [1.54, 1.807) is 0 Å². The first-order valence-corrected chi connectivity index (χ1v) is 7.69. The molecular formula is C16H22ClNO2. The van der Waals surface area contributed by atoms with E-state index in [1.807, 2.05) is 19.1 Å². The lowest BCUT2D eigenvalue weighted by Gasteiger charge is -2.47. The SMILES string of the molecule is Cc1cc(Cl)cc2c1OC(C)(C)C(N1CCCC1)C2O. The molecule has 4 heteroatoms. The molecule has 1 saturated heterocycles. The number of halogens is 1. The Morgan fingerprint density at radius 3 is 2.60 bits per heavy atom. The van der Waals surface area contributed by atoms with Crippen LogP contribution in [0.3, 0.4) is 0 Å². The summed E-state index contributed by atoms with van der Waals surface area (Å²) in [6.45, 7) is 8.17. The van der Waals surface area contributed by atoms with Crippen molar-refractivity contribution in [2.75, 3.05) is 13.1 Å². The Balaban J connectivity index is 2.06. The number of likely N-dealkylation sites (tertiary alicyclic amines) is 1. The summed E-state index contributed by atoms with van der Waals surface area (Å²) in [5, 5.41) is 11.5. The van der Waals surface area contributed by atoms with Crippen molar-refractivity contribution in [3.05, 3.63) is 28.3 Å². The first-order chi connectivity index (χ1) is 9.40. The van der Waals surface area contributed by atoms with E-state index in [0.29, 0.717) is 5.02 Å². The summed E-state index contributed by atoms with van der Waals surface area (Å²) in [5.41, 5.74) is 1.40. The summed E-state index contributed by atoms with van der Waals surface area (Å²) >= 11 is 6.15. The fourth-order valence-electron chi connectivity index (χ4n) is 3.65.